The third-order valence-corrected chi connectivity index (χ3v) is 4.38. The van der Waals surface area contributed by atoms with Crippen molar-refractivity contribution in [3.63, 3.8) is 0 Å². The maximum atomic E-state index is 4.91. The first kappa shape index (κ1) is 13.9. The topological polar surface area (TPSA) is 30.2 Å². The van der Waals surface area contributed by atoms with Crippen molar-refractivity contribution in [2.24, 2.45) is 4.99 Å². The van der Waals surface area contributed by atoms with Gasteiger partial charge in [0.1, 0.15) is 0 Å². The number of fused-ring (bicyclic) bond motifs is 1. The zero-order valence-electron chi connectivity index (χ0n) is 13.2. The average Bonchev–Trinajstić information content (AvgIpc) is 3.02. The maximum Gasteiger partial charge on any atom is 0.158 e. The molecule has 2 heterocycles. The third-order valence-electron chi connectivity index (χ3n) is 4.38. The SMILES string of the molecule is CCc1nn2c(c1-c1ccccc1)N=CC[C@H]2c1ccccc1. The summed E-state index contributed by atoms with van der Waals surface area (Å²) in [6, 6.07) is 21.3. The fourth-order valence-corrected chi connectivity index (χ4v) is 3.25. The van der Waals surface area contributed by atoms with Crippen LogP contribution in [0.25, 0.3) is 11.1 Å². The minimum absolute atomic E-state index is 0.228. The molecule has 0 spiro atoms. The predicted octanol–water partition coefficient (Wildman–Crippen LogP) is 4.81. The Balaban J connectivity index is 1.89. The van der Waals surface area contributed by atoms with E-state index in [2.05, 4.69) is 71.2 Å². The second kappa shape index (κ2) is 5.84. The summed E-state index contributed by atoms with van der Waals surface area (Å²) >= 11 is 0. The molecule has 0 aliphatic carbocycles. The first-order chi connectivity index (χ1) is 11.4. The lowest BCUT2D eigenvalue weighted by molar-refractivity contribution is 0.531. The van der Waals surface area contributed by atoms with Crippen LogP contribution in [0.5, 0.6) is 0 Å². The number of hydrogen-bond acceptors (Lipinski definition) is 2. The first-order valence-electron chi connectivity index (χ1n) is 8.12. The van der Waals surface area contributed by atoms with Crippen LogP contribution in [0.1, 0.15) is 30.6 Å². The highest BCUT2D eigenvalue weighted by atomic mass is 15.3. The van der Waals surface area contributed by atoms with Crippen molar-refractivity contribution in [2.75, 3.05) is 0 Å². The van der Waals surface area contributed by atoms with Gasteiger partial charge in [-0.2, -0.15) is 5.10 Å². The summed E-state index contributed by atoms with van der Waals surface area (Å²) in [5, 5.41) is 4.91. The fourth-order valence-electron chi connectivity index (χ4n) is 3.25. The van der Waals surface area contributed by atoms with Gasteiger partial charge in [0.05, 0.1) is 11.7 Å². The molecule has 4 rings (SSSR count). The third kappa shape index (κ3) is 2.38. The lowest BCUT2D eigenvalue weighted by Crippen LogP contribution is -2.15. The molecule has 2 aromatic carbocycles. The quantitative estimate of drug-likeness (QED) is 0.683. The largest absolute Gasteiger partial charge is 0.241 e. The van der Waals surface area contributed by atoms with Crippen LogP contribution in [0.3, 0.4) is 0 Å². The van der Waals surface area contributed by atoms with E-state index in [0.29, 0.717) is 0 Å². The molecule has 1 aromatic heterocycles. The van der Waals surface area contributed by atoms with Gasteiger partial charge in [0, 0.05) is 18.2 Å². The standard InChI is InChI=1S/C20H19N3/c1-2-17-19(16-11-7-4-8-12-16)20-21-14-13-18(23(20)22-17)15-9-5-3-6-10-15/h3-12,14,18H,2,13H2,1H3/t18-/m0/s1. The van der Waals surface area contributed by atoms with Crippen molar-refractivity contribution in [2.45, 2.75) is 25.8 Å². The number of nitrogens with zero attached hydrogens (tertiary/aromatic N) is 3. The normalized spacial score (nSPS) is 16.3. The molecular weight excluding hydrogens is 282 g/mol. The summed E-state index contributed by atoms with van der Waals surface area (Å²) in [7, 11) is 0. The first-order valence-corrected chi connectivity index (χ1v) is 8.12. The van der Waals surface area contributed by atoms with E-state index in [0.717, 1.165) is 24.4 Å². The molecule has 0 amide bonds. The second-order valence-corrected chi connectivity index (χ2v) is 5.78. The number of benzene rings is 2. The number of aliphatic imine (C=N–C) groups is 1. The van der Waals surface area contributed by atoms with Gasteiger partial charge >= 0.3 is 0 Å². The summed E-state index contributed by atoms with van der Waals surface area (Å²) in [4.78, 5) is 4.69. The molecule has 1 atom stereocenters. The van der Waals surface area contributed by atoms with Crippen LogP contribution in [-0.2, 0) is 6.42 Å². The van der Waals surface area contributed by atoms with Gasteiger partial charge in [-0.05, 0) is 17.5 Å². The highest BCUT2D eigenvalue weighted by Crippen LogP contribution is 2.39. The molecule has 0 radical (unpaired) electrons. The maximum absolute atomic E-state index is 4.91. The van der Waals surface area contributed by atoms with Gasteiger partial charge in [-0.15, -0.1) is 0 Å². The Kier molecular flexibility index (Phi) is 3.54. The van der Waals surface area contributed by atoms with Crippen molar-refractivity contribution in [1.29, 1.82) is 0 Å². The molecule has 0 bridgehead atoms. The van der Waals surface area contributed by atoms with Crippen LogP contribution in [-0.4, -0.2) is 16.0 Å². The molecule has 1 aliphatic heterocycles. The van der Waals surface area contributed by atoms with E-state index in [4.69, 9.17) is 5.10 Å². The second-order valence-electron chi connectivity index (χ2n) is 5.78. The number of hydrogen-bond donors (Lipinski definition) is 0. The summed E-state index contributed by atoms with van der Waals surface area (Å²) in [5.74, 6) is 0.980. The van der Waals surface area contributed by atoms with Gasteiger partial charge in [0.15, 0.2) is 5.82 Å². The van der Waals surface area contributed by atoms with Crippen molar-refractivity contribution >= 4 is 12.0 Å². The van der Waals surface area contributed by atoms with Gasteiger partial charge in [-0.25, -0.2) is 9.67 Å². The van der Waals surface area contributed by atoms with Crippen LogP contribution in [0.2, 0.25) is 0 Å². The summed E-state index contributed by atoms with van der Waals surface area (Å²) < 4.78 is 2.11. The summed E-state index contributed by atoms with van der Waals surface area (Å²) in [5.41, 5.74) is 4.76. The van der Waals surface area contributed by atoms with Crippen molar-refractivity contribution < 1.29 is 0 Å². The van der Waals surface area contributed by atoms with Crippen LogP contribution >= 0.6 is 0 Å². The van der Waals surface area contributed by atoms with Crippen molar-refractivity contribution in [3.8, 4) is 11.1 Å². The highest BCUT2D eigenvalue weighted by Gasteiger charge is 2.26. The van der Waals surface area contributed by atoms with E-state index in [9.17, 15) is 0 Å². The monoisotopic (exact) mass is 301 g/mol. The van der Waals surface area contributed by atoms with Gasteiger partial charge in [-0.1, -0.05) is 67.6 Å². The Morgan fingerprint density at radius 1 is 1.00 bits per heavy atom. The Morgan fingerprint density at radius 3 is 2.39 bits per heavy atom. The Morgan fingerprint density at radius 2 is 1.70 bits per heavy atom. The van der Waals surface area contributed by atoms with Crippen LogP contribution in [0.4, 0.5) is 5.82 Å². The Hall–Kier alpha value is -2.68. The lowest BCUT2D eigenvalue weighted by Gasteiger charge is -2.21. The minimum Gasteiger partial charge on any atom is -0.241 e. The molecule has 0 unspecified atom stereocenters. The zero-order chi connectivity index (χ0) is 15.6. The molecule has 1 aliphatic rings. The van der Waals surface area contributed by atoms with E-state index < -0.39 is 0 Å². The van der Waals surface area contributed by atoms with Crippen LogP contribution in [0.15, 0.2) is 65.7 Å². The van der Waals surface area contributed by atoms with Gasteiger partial charge in [0.25, 0.3) is 0 Å². The molecule has 0 fully saturated rings. The summed E-state index contributed by atoms with van der Waals surface area (Å²) in [6.07, 6.45) is 3.82. The van der Waals surface area contributed by atoms with Gasteiger partial charge in [0.2, 0.25) is 0 Å². The van der Waals surface area contributed by atoms with E-state index in [1.165, 1.54) is 16.7 Å². The molecule has 3 aromatic rings. The lowest BCUT2D eigenvalue weighted by atomic mass is 10.0. The Bertz CT molecular complexity index is 832. The minimum atomic E-state index is 0.228. The van der Waals surface area contributed by atoms with Crippen molar-refractivity contribution in [3.05, 3.63) is 71.9 Å². The smallest absolute Gasteiger partial charge is 0.158 e. The molecule has 3 nitrogen and oxygen atoms in total. The highest BCUT2D eigenvalue weighted by molar-refractivity contribution is 5.80. The Labute approximate surface area is 136 Å². The fraction of sp³-hybridized carbons (Fsp3) is 0.200. The van der Waals surface area contributed by atoms with Crippen LogP contribution < -0.4 is 0 Å². The molecule has 0 saturated heterocycles. The number of aromatic nitrogens is 2. The molecule has 3 heteroatoms. The van der Waals surface area contributed by atoms with E-state index >= 15 is 0 Å². The molecule has 23 heavy (non-hydrogen) atoms. The van der Waals surface area contributed by atoms with Crippen LogP contribution in [0, 0.1) is 0 Å². The van der Waals surface area contributed by atoms with E-state index in [-0.39, 0.29) is 6.04 Å². The molecule has 114 valence electrons. The molecular formula is C20H19N3. The number of rotatable bonds is 3. The molecule has 0 N–H and O–H groups in total. The number of aryl methyl sites for hydroxylation is 1. The molecule has 0 saturated carbocycles. The zero-order valence-corrected chi connectivity index (χ0v) is 13.2. The predicted molar refractivity (Wildman–Crippen MR) is 94.4 cm³/mol. The summed E-state index contributed by atoms with van der Waals surface area (Å²) in [6.45, 7) is 2.15. The van der Waals surface area contributed by atoms with Gasteiger partial charge in [-0.3, -0.25) is 0 Å². The van der Waals surface area contributed by atoms with Crippen molar-refractivity contribution in [1.82, 2.24) is 9.78 Å². The van der Waals surface area contributed by atoms with E-state index in [1.54, 1.807) is 0 Å². The van der Waals surface area contributed by atoms with Gasteiger partial charge < -0.3 is 0 Å². The average molecular weight is 301 g/mol. The van der Waals surface area contributed by atoms with E-state index in [1.807, 2.05) is 12.3 Å².